The molecule has 0 bridgehead atoms. The smallest absolute Gasteiger partial charge is 0.339 e. The number of carbonyl (C=O) groups excluding carboxylic acids is 2. The van der Waals surface area contributed by atoms with Crippen LogP contribution in [-0.4, -0.2) is 29.6 Å². The van der Waals surface area contributed by atoms with Crippen molar-refractivity contribution in [2.24, 2.45) is 0 Å². The lowest BCUT2D eigenvalue weighted by Gasteiger charge is -2.09. The molecular weight excluding hydrogens is 264 g/mol. The molecule has 0 saturated carbocycles. The Kier molecular flexibility index (Phi) is 5.02. The first-order valence-electron chi connectivity index (χ1n) is 5.79. The Hall–Kier alpha value is -2.63. The summed E-state index contributed by atoms with van der Waals surface area (Å²) >= 11 is 0. The van der Waals surface area contributed by atoms with E-state index < -0.39 is 17.9 Å². The van der Waals surface area contributed by atoms with Gasteiger partial charge in [0.1, 0.15) is 11.3 Å². The summed E-state index contributed by atoms with van der Waals surface area (Å²) in [5.41, 5.74) is -0.0168. The van der Waals surface area contributed by atoms with Gasteiger partial charge in [0.25, 0.3) is 0 Å². The second kappa shape index (κ2) is 6.51. The van der Waals surface area contributed by atoms with Gasteiger partial charge in [0.15, 0.2) is 0 Å². The van der Waals surface area contributed by atoms with Crippen molar-refractivity contribution >= 4 is 17.9 Å². The molecule has 0 aliphatic rings. The van der Waals surface area contributed by atoms with E-state index in [-0.39, 0.29) is 29.1 Å². The molecule has 0 aliphatic heterocycles. The van der Waals surface area contributed by atoms with Crippen LogP contribution in [0.25, 0.3) is 0 Å². The first-order valence-corrected chi connectivity index (χ1v) is 5.79. The SMILES string of the molecule is C=C(C)C(=O)Oc1cc(C(=O)OCC)ccc1C(=O)O. The molecule has 20 heavy (non-hydrogen) atoms. The Labute approximate surface area is 115 Å². The van der Waals surface area contributed by atoms with Gasteiger partial charge in [-0.2, -0.15) is 0 Å². The second-order valence-electron chi connectivity index (χ2n) is 3.91. The maximum Gasteiger partial charge on any atom is 0.339 e. The molecule has 0 aliphatic carbocycles. The van der Waals surface area contributed by atoms with Crippen molar-refractivity contribution in [2.75, 3.05) is 6.61 Å². The fraction of sp³-hybridized carbons (Fsp3) is 0.214. The molecular formula is C14H14O6. The van der Waals surface area contributed by atoms with Crippen molar-refractivity contribution in [3.63, 3.8) is 0 Å². The Morgan fingerprint density at radius 3 is 2.45 bits per heavy atom. The second-order valence-corrected chi connectivity index (χ2v) is 3.91. The molecule has 1 rings (SSSR count). The Morgan fingerprint density at radius 1 is 1.30 bits per heavy atom. The molecule has 1 aromatic rings. The first-order chi connectivity index (χ1) is 9.36. The lowest BCUT2D eigenvalue weighted by atomic mass is 10.1. The normalized spacial score (nSPS) is 9.70. The monoisotopic (exact) mass is 278 g/mol. The van der Waals surface area contributed by atoms with Crippen LogP contribution in [0.15, 0.2) is 30.4 Å². The summed E-state index contributed by atoms with van der Waals surface area (Å²) in [5.74, 6) is -2.90. The number of hydrogen-bond donors (Lipinski definition) is 1. The largest absolute Gasteiger partial charge is 0.478 e. The zero-order chi connectivity index (χ0) is 15.3. The third kappa shape index (κ3) is 3.68. The Morgan fingerprint density at radius 2 is 1.95 bits per heavy atom. The average Bonchev–Trinajstić information content (AvgIpc) is 2.38. The van der Waals surface area contributed by atoms with Crippen LogP contribution in [0.3, 0.4) is 0 Å². The number of aromatic carboxylic acids is 1. The van der Waals surface area contributed by atoms with Crippen molar-refractivity contribution in [3.8, 4) is 5.75 Å². The molecule has 106 valence electrons. The first kappa shape index (κ1) is 15.4. The van der Waals surface area contributed by atoms with Crippen LogP contribution in [0.1, 0.15) is 34.6 Å². The number of carboxylic acid groups (broad SMARTS) is 1. The lowest BCUT2D eigenvalue weighted by molar-refractivity contribution is -0.130. The summed E-state index contributed by atoms with van der Waals surface area (Å²) < 4.78 is 9.70. The van der Waals surface area contributed by atoms with Gasteiger partial charge >= 0.3 is 17.9 Å². The van der Waals surface area contributed by atoms with Gasteiger partial charge in [0.2, 0.25) is 0 Å². The molecule has 1 aromatic carbocycles. The highest BCUT2D eigenvalue weighted by molar-refractivity contribution is 5.97. The topological polar surface area (TPSA) is 89.9 Å². The van der Waals surface area contributed by atoms with Gasteiger partial charge in [-0.15, -0.1) is 0 Å². The standard InChI is InChI=1S/C14H14O6/c1-4-19-14(18)9-5-6-10(12(15)16)11(7-9)20-13(17)8(2)3/h5-7H,2,4H2,1,3H3,(H,15,16). The highest BCUT2D eigenvalue weighted by Crippen LogP contribution is 2.22. The minimum Gasteiger partial charge on any atom is -0.478 e. The molecule has 6 nitrogen and oxygen atoms in total. The van der Waals surface area contributed by atoms with Gasteiger partial charge in [-0.1, -0.05) is 6.58 Å². The fourth-order valence-electron chi connectivity index (χ4n) is 1.31. The zero-order valence-corrected chi connectivity index (χ0v) is 11.1. The maximum absolute atomic E-state index is 11.6. The molecule has 1 N–H and O–H groups in total. The molecule has 0 amide bonds. The molecule has 0 fully saturated rings. The van der Waals surface area contributed by atoms with Gasteiger partial charge in [-0.3, -0.25) is 0 Å². The Bertz CT molecular complexity index is 573. The fourth-order valence-corrected chi connectivity index (χ4v) is 1.31. The number of carboxylic acids is 1. The maximum atomic E-state index is 11.6. The van der Waals surface area contributed by atoms with Gasteiger partial charge < -0.3 is 14.6 Å². The van der Waals surface area contributed by atoms with Crippen LogP contribution in [0, 0.1) is 0 Å². The van der Waals surface area contributed by atoms with E-state index in [1.807, 2.05) is 0 Å². The number of benzene rings is 1. The van der Waals surface area contributed by atoms with E-state index in [1.54, 1.807) is 6.92 Å². The molecule has 0 spiro atoms. The predicted molar refractivity (Wildman–Crippen MR) is 69.8 cm³/mol. The quantitative estimate of drug-likeness (QED) is 0.503. The number of rotatable bonds is 5. The van der Waals surface area contributed by atoms with Crippen LogP contribution in [0.2, 0.25) is 0 Å². The highest BCUT2D eigenvalue weighted by Gasteiger charge is 2.18. The molecule has 0 atom stereocenters. The van der Waals surface area contributed by atoms with Crippen molar-refractivity contribution < 1.29 is 29.0 Å². The summed E-state index contributed by atoms with van der Waals surface area (Å²) in [7, 11) is 0. The molecule has 0 saturated heterocycles. The summed E-state index contributed by atoms with van der Waals surface area (Å²) in [5, 5.41) is 9.02. The molecule has 0 radical (unpaired) electrons. The van der Waals surface area contributed by atoms with Crippen LogP contribution < -0.4 is 4.74 Å². The van der Waals surface area contributed by atoms with Crippen molar-refractivity contribution in [3.05, 3.63) is 41.5 Å². The van der Waals surface area contributed by atoms with E-state index in [0.29, 0.717) is 0 Å². The minimum absolute atomic E-state index is 0.0985. The van der Waals surface area contributed by atoms with Crippen molar-refractivity contribution in [2.45, 2.75) is 13.8 Å². The van der Waals surface area contributed by atoms with Gasteiger partial charge in [-0.05, 0) is 32.0 Å². The average molecular weight is 278 g/mol. The number of carbonyl (C=O) groups is 3. The highest BCUT2D eigenvalue weighted by atomic mass is 16.5. The minimum atomic E-state index is -1.27. The van der Waals surface area contributed by atoms with E-state index in [4.69, 9.17) is 14.6 Å². The van der Waals surface area contributed by atoms with Gasteiger partial charge in [0.05, 0.1) is 12.2 Å². The predicted octanol–water partition coefficient (Wildman–Crippen LogP) is 2.04. The zero-order valence-electron chi connectivity index (χ0n) is 11.1. The summed E-state index contributed by atoms with van der Waals surface area (Å²) in [4.78, 5) is 34.1. The van der Waals surface area contributed by atoms with E-state index >= 15 is 0 Å². The van der Waals surface area contributed by atoms with Crippen LogP contribution in [0.5, 0.6) is 5.75 Å². The van der Waals surface area contributed by atoms with Crippen molar-refractivity contribution in [1.29, 1.82) is 0 Å². The molecule has 0 heterocycles. The van der Waals surface area contributed by atoms with E-state index in [9.17, 15) is 14.4 Å². The summed E-state index contributed by atoms with van der Waals surface area (Å²) in [6.07, 6.45) is 0. The third-order valence-electron chi connectivity index (χ3n) is 2.27. The van der Waals surface area contributed by atoms with Crippen molar-refractivity contribution in [1.82, 2.24) is 0 Å². The molecule has 0 aromatic heterocycles. The molecule has 6 heteroatoms. The summed E-state index contributed by atoms with van der Waals surface area (Å²) in [6, 6.07) is 3.62. The number of ether oxygens (including phenoxy) is 2. The lowest BCUT2D eigenvalue weighted by Crippen LogP contribution is -2.13. The number of esters is 2. The van der Waals surface area contributed by atoms with E-state index in [0.717, 1.165) is 6.07 Å². The van der Waals surface area contributed by atoms with E-state index in [2.05, 4.69) is 6.58 Å². The van der Waals surface area contributed by atoms with Crippen LogP contribution >= 0.6 is 0 Å². The third-order valence-corrected chi connectivity index (χ3v) is 2.27. The molecule has 0 unspecified atom stereocenters. The summed E-state index contributed by atoms with van der Waals surface area (Å²) in [6.45, 7) is 6.65. The van der Waals surface area contributed by atoms with Crippen LogP contribution in [-0.2, 0) is 9.53 Å². The number of hydrogen-bond acceptors (Lipinski definition) is 5. The Balaban J connectivity index is 3.18. The van der Waals surface area contributed by atoms with Gasteiger partial charge in [0, 0.05) is 5.57 Å². The van der Waals surface area contributed by atoms with E-state index in [1.165, 1.54) is 19.1 Å². The van der Waals surface area contributed by atoms with Crippen LogP contribution in [0.4, 0.5) is 0 Å². The van der Waals surface area contributed by atoms with Gasteiger partial charge in [-0.25, -0.2) is 14.4 Å².